The van der Waals surface area contributed by atoms with E-state index in [9.17, 15) is 5.11 Å². The van der Waals surface area contributed by atoms with Gasteiger partial charge < -0.3 is 15.0 Å². The molecule has 5 nitrogen and oxygen atoms in total. The Morgan fingerprint density at radius 1 is 1.00 bits per heavy atom. The number of H-pyrrole nitrogens is 1. The highest BCUT2D eigenvalue weighted by Crippen LogP contribution is 2.65. The first-order valence-electron chi connectivity index (χ1n) is 16.4. The predicted octanol–water partition coefficient (Wildman–Crippen LogP) is 5.78. The normalized spacial score (nSPS) is 35.9. The second kappa shape index (κ2) is 8.49. The number of anilines is 1. The number of aliphatic hydroxyl groups is 1. The van der Waals surface area contributed by atoms with E-state index in [1.807, 2.05) is 0 Å². The van der Waals surface area contributed by atoms with Gasteiger partial charge in [0.1, 0.15) is 5.52 Å². The molecule has 2 N–H and O–H groups in total. The number of nitrogens with zero attached hydrogens (tertiary/aromatic N) is 3. The van der Waals surface area contributed by atoms with E-state index in [2.05, 4.69) is 112 Å². The lowest BCUT2D eigenvalue weighted by atomic mass is 9.53. The Bertz CT molecular complexity index is 1950. The van der Waals surface area contributed by atoms with Crippen LogP contribution in [-0.4, -0.2) is 46.3 Å². The minimum Gasteiger partial charge on any atom is -0.388 e. The first kappa shape index (κ1) is 24.7. The van der Waals surface area contributed by atoms with Crippen LogP contribution in [0.1, 0.15) is 37.9 Å². The van der Waals surface area contributed by atoms with Crippen molar-refractivity contribution >= 4 is 27.5 Å². The zero-order chi connectivity index (χ0) is 28.6. The SMILES string of the molecule is CC=C1CN2CC[C@]34c5ccccc5N5C=C([C@H]6Cc7c8[nH]c9ccccc9c8cc[n+]7C/C6=C/C)[C@@H](O)[C@@H]([C@H]53)[C@H]1C[C@H]24. The summed E-state index contributed by atoms with van der Waals surface area (Å²) in [5.41, 5.74) is 11.0. The highest BCUT2D eigenvalue weighted by Gasteiger charge is 2.69. The van der Waals surface area contributed by atoms with Crippen molar-refractivity contribution in [1.82, 2.24) is 9.88 Å². The molecule has 2 aromatic heterocycles. The Hall–Kier alpha value is -3.67. The second-order valence-corrected chi connectivity index (χ2v) is 14.0. The maximum absolute atomic E-state index is 12.7. The van der Waals surface area contributed by atoms with Gasteiger partial charge in [0.25, 0.3) is 0 Å². The molecule has 7 heterocycles. The first-order valence-corrected chi connectivity index (χ1v) is 16.4. The van der Waals surface area contributed by atoms with Crippen molar-refractivity contribution in [1.29, 1.82) is 0 Å². The largest absolute Gasteiger partial charge is 0.388 e. The standard InChI is InChI=1S/C38H38N4O/c1-3-22-19-40-15-13-25-24-9-5-7-11-30(24)39-35(25)32(40)17-26(22)28-21-42-31-12-8-6-10-29(31)38-14-16-41-20-23(4-2)27(18-33(38)41)34(36(28)43)37(38)42/h3-13,15,21,26-27,33-34,36-37,43H,14,16-20H2,1-2H3/p+1/b22-3-,23-4?/t26-,27-,33-,34-,36+,37-,38+/m0/s1. The summed E-state index contributed by atoms with van der Waals surface area (Å²) in [6, 6.07) is 21.0. The van der Waals surface area contributed by atoms with Crippen LogP contribution < -0.4 is 9.47 Å². The van der Waals surface area contributed by atoms with Gasteiger partial charge in [-0.25, -0.2) is 0 Å². The molecule has 1 spiro atoms. The van der Waals surface area contributed by atoms with Crippen molar-refractivity contribution in [2.45, 2.75) is 63.3 Å². The van der Waals surface area contributed by atoms with E-state index in [0.29, 0.717) is 18.0 Å². The molecular formula is C38H39N4O+. The number of piperidine rings is 1. The van der Waals surface area contributed by atoms with Gasteiger partial charge in [-0.3, -0.25) is 4.90 Å². The summed E-state index contributed by atoms with van der Waals surface area (Å²) in [4.78, 5) is 9.20. The Morgan fingerprint density at radius 3 is 2.72 bits per heavy atom. The third kappa shape index (κ3) is 2.93. The molecule has 1 aliphatic carbocycles. The van der Waals surface area contributed by atoms with Crippen molar-refractivity contribution in [3.05, 3.63) is 107 Å². The average Bonchev–Trinajstić information content (AvgIpc) is 3.72. The summed E-state index contributed by atoms with van der Waals surface area (Å²) >= 11 is 0. The molecule has 43 heavy (non-hydrogen) atoms. The molecule has 1 saturated carbocycles. The number of hydrogen-bond donors (Lipinski definition) is 2. The molecule has 10 rings (SSSR count). The van der Waals surface area contributed by atoms with Gasteiger partial charge in [-0.15, -0.1) is 0 Å². The molecule has 216 valence electrons. The third-order valence-corrected chi connectivity index (χ3v) is 12.7. The van der Waals surface area contributed by atoms with Crippen LogP contribution in [0.3, 0.4) is 0 Å². The Labute approximate surface area is 252 Å². The van der Waals surface area contributed by atoms with E-state index >= 15 is 0 Å². The average molecular weight is 568 g/mol. The molecule has 5 heteroatoms. The summed E-state index contributed by atoms with van der Waals surface area (Å²) in [5.74, 6) is 0.806. The van der Waals surface area contributed by atoms with E-state index in [-0.39, 0.29) is 17.3 Å². The summed E-state index contributed by atoms with van der Waals surface area (Å²) in [6.45, 7) is 7.50. The number of aliphatic hydroxyl groups excluding tert-OH is 1. The monoisotopic (exact) mass is 567 g/mol. The number of para-hydroxylation sites is 2. The predicted molar refractivity (Wildman–Crippen MR) is 171 cm³/mol. The molecule has 2 bridgehead atoms. The number of pyridine rings is 1. The summed E-state index contributed by atoms with van der Waals surface area (Å²) < 4.78 is 2.43. The maximum atomic E-state index is 12.7. The minimum atomic E-state index is -0.450. The van der Waals surface area contributed by atoms with E-state index < -0.39 is 6.10 Å². The van der Waals surface area contributed by atoms with Crippen LogP contribution in [0.4, 0.5) is 5.69 Å². The molecule has 2 saturated heterocycles. The van der Waals surface area contributed by atoms with Crippen LogP contribution in [0, 0.1) is 17.8 Å². The fourth-order valence-electron chi connectivity index (χ4n) is 10.9. The molecule has 5 aliphatic heterocycles. The molecule has 3 fully saturated rings. The van der Waals surface area contributed by atoms with Gasteiger partial charge >= 0.3 is 0 Å². The third-order valence-electron chi connectivity index (χ3n) is 12.7. The number of rotatable bonds is 1. The first-order chi connectivity index (χ1) is 21.1. The lowest BCUT2D eigenvalue weighted by Crippen LogP contribution is -2.67. The van der Waals surface area contributed by atoms with Gasteiger partial charge in [0.2, 0.25) is 5.69 Å². The maximum Gasteiger partial charge on any atom is 0.206 e. The van der Waals surface area contributed by atoms with Gasteiger partial charge in [0, 0.05) is 70.5 Å². The van der Waals surface area contributed by atoms with E-state index in [0.717, 1.165) is 26.1 Å². The summed E-state index contributed by atoms with van der Waals surface area (Å²) in [6.07, 6.45) is 12.2. The fraction of sp³-hybridized carbons (Fsp3) is 0.395. The topological polar surface area (TPSA) is 46.4 Å². The number of fused-ring (bicyclic) bond motifs is 9. The number of nitrogens with one attached hydrogen (secondary N) is 1. The number of allylic oxidation sites excluding steroid dienone is 3. The van der Waals surface area contributed by atoms with Crippen LogP contribution >= 0.6 is 0 Å². The van der Waals surface area contributed by atoms with Crippen molar-refractivity contribution < 1.29 is 9.67 Å². The molecule has 4 aromatic rings. The van der Waals surface area contributed by atoms with Crippen molar-refractivity contribution in [3.63, 3.8) is 0 Å². The molecule has 0 radical (unpaired) electrons. The molecule has 2 aromatic carbocycles. The molecular weight excluding hydrogens is 528 g/mol. The van der Waals surface area contributed by atoms with E-state index in [1.165, 1.54) is 62.7 Å². The Morgan fingerprint density at radius 2 is 1.84 bits per heavy atom. The lowest BCUT2D eigenvalue weighted by molar-refractivity contribution is -0.699. The molecule has 0 amide bonds. The van der Waals surface area contributed by atoms with Gasteiger partial charge in [0.15, 0.2) is 12.7 Å². The van der Waals surface area contributed by atoms with Crippen molar-refractivity contribution in [3.8, 4) is 0 Å². The molecule has 0 unspecified atom stereocenters. The van der Waals surface area contributed by atoms with Crippen LogP contribution in [0.2, 0.25) is 0 Å². The lowest BCUT2D eigenvalue weighted by Gasteiger charge is -2.59. The number of aromatic amines is 1. The second-order valence-electron chi connectivity index (χ2n) is 14.0. The molecule has 6 aliphatic rings. The number of hydrogen-bond acceptors (Lipinski definition) is 3. The number of aromatic nitrogens is 2. The zero-order valence-electron chi connectivity index (χ0n) is 25.0. The van der Waals surface area contributed by atoms with Crippen molar-refractivity contribution in [2.75, 3.05) is 18.0 Å². The Balaban J connectivity index is 1.16. The Kier molecular flexibility index (Phi) is 4.88. The van der Waals surface area contributed by atoms with Crippen LogP contribution in [-0.2, 0) is 18.4 Å². The van der Waals surface area contributed by atoms with Crippen molar-refractivity contribution in [2.24, 2.45) is 17.8 Å². The van der Waals surface area contributed by atoms with Gasteiger partial charge in [-0.05, 0) is 68.0 Å². The molecule has 7 atom stereocenters. The van der Waals surface area contributed by atoms with Crippen LogP contribution in [0.5, 0.6) is 0 Å². The quantitative estimate of drug-likeness (QED) is 0.226. The number of benzene rings is 2. The van der Waals surface area contributed by atoms with E-state index in [4.69, 9.17) is 0 Å². The van der Waals surface area contributed by atoms with Gasteiger partial charge in [-0.1, -0.05) is 54.1 Å². The fourth-order valence-corrected chi connectivity index (χ4v) is 10.9. The summed E-state index contributed by atoms with van der Waals surface area (Å²) in [5, 5.41) is 15.3. The highest BCUT2D eigenvalue weighted by molar-refractivity contribution is 6.07. The van der Waals surface area contributed by atoms with E-state index in [1.54, 1.807) is 5.57 Å². The summed E-state index contributed by atoms with van der Waals surface area (Å²) in [7, 11) is 0. The van der Waals surface area contributed by atoms with Crippen LogP contribution in [0.25, 0.3) is 21.8 Å². The zero-order valence-corrected chi connectivity index (χ0v) is 25.0. The van der Waals surface area contributed by atoms with Gasteiger partial charge in [0.05, 0.1) is 12.1 Å². The highest BCUT2D eigenvalue weighted by atomic mass is 16.3. The minimum absolute atomic E-state index is 0.106. The van der Waals surface area contributed by atoms with Crippen LogP contribution in [0.15, 0.2) is 95.9 Å². The smallest absolute Gasteiger partial charge is 0.206 e. The van der Waals surface area contributed by atoms with Gasteiger partial charge in [-0.2, -0.15) is 4.57 Å².